The number of hydrogen-bond donors (Lipinski definition) is 0. The summed E-state index contributed by atoms with van der Waals surface area (Å²) in [6.45, 7) is 7.54. The van der Waals surface area contributed by atoms with Crippen molar-refractivity contribution < 1.29 is 4.74 Å². The van der Waals surface area contributed by atoms with Crippen LogP contribution < -0.4 is 0 Å². The third kappa shape index (κ3) is 4.12. The van der Waals surface area contributed by atoms with Crippen molar-refractivity contribution in [2.45, 2.75) is 20.4 Å². The summed E-state index contributed by atoms with van der Waals surface area (Å²) >= 11 is 6.22. The van der Waals surface area contributed by atoms with Crippen molar-refractivity contribution in [3.05, 3.63) is 17.2 Å². The molecule has 0 atom stereocenters. The highest BCUT2D eigenvalue weighted by atomic mass is 35.5. The Kier molecular flexibility index (Phi) is 5.50. The van der Waals surface area contributed by atoms with E-state index >= 15 is 0 Å². The third-order valence-electron chi connectivity index (χ3n) is 3.19. The molecule has 0 unspecified atom stereocenters. The van der Waals surface area contributed by atoms with Crippen molar-refractivity contribution >= 4 is 22.6 Å². The zero-order valence-electron chi connectivity index (χ0n) is 13.0. The minimum atomic E-state index is 0.458. The van der Waals surface area contributed by atoms with E-state index < -0.39 is 0 Å². The van der Waals surface area contributed by atoms with Crippen LogP contribution in [0.3, 0.4) is 0 Å². The number of nitrogens with zero attached hydrogens (tertiary/aromatic N) is 5. The molecule has 0 radical (unpaired) electrons. The Hall–Kier alpha value is -1.24. The Labute approximate surface area is 130 Å². The van der Waals surface area contributed by atoms with E-state index in [0.717, 1.165) is 24.1 Å². The molecule has 2 aromatic heterocycles. The third-order valence-corrected chi connectivity index (χ3v) is 3.48. The van der Waals surface area contributed by atoms with Gasteiger partial charge in [-0.3, -0.25) is 9.58 Å². The van der Waals surface area contributed by atoms with Gasteiger partial charge in [-0.25, -0.2) is 9.97 Å². The lowest BCUT2D eigenvalue weighted by Gasteiger charge is -2.23. The molecule has 116 valence electrons. The maximum atomic E-state index is 6.22. The summed E-state index contributed by atoms with van der Waals surface area (Å²) in [6, 6.07) is 0. The van der Waals surface area contributed by atoms with Crippen LogP contribution >= 0.6 is 11.6 Å². The number of ether oxygens (including phenoxy) is 1. The van der Waals surface area contributed by atoms with E-state index in [1.165, 1.54) is 0 Å². The zero-order valence-corrected chi connectivity index (χ0v) is 13.8. The second kappa shape index (κ2) is 7.15. The first-order valence-electron chi connectivity index (χ1n) is 7.06. The number of halogens is 1. The molecule has 0 aliphatic rings. The topological polar surface area (TPSA) is 56.1 Å². The Morgan fingerprint density at radius 2 is 2.14 bits per heavy atom. The van der Waals surface area contributed by atoms with Gasteiger partial charge in [0.25, 0.3) is 0 Å². The fraction of sp³-hybridized carbons (Fsp3) is 0.643. The number of rotatable bonds is 7. The molecule has 2 heterocycles. The predicted octanol–water partition coefficient (Wildman–Crippen LogP) is 2.12. The van der Waals surface area contributed by atoms with Gasteiger partial charge in [-0.15, -0.1) is 0 Å². The van der Waals surface area contributed by atoms with Crippen molar-refractivity contribution in [2.75, 3.05) is 26.8 Å². The monoisotopic (exact) mass is 311 g/mol. The zero-order chi connectivity index (χ0) is 15.4. The molecule has 0 saturated heterocycles. The van der Waals surface area contributed by atoms with Crippen molar-refractivity contribution in [1.29, 1.82) is 0 Å². The first-order valence-corrected chi connectivity index (χ1v) is 7.44. The van der Waals surface area contributed by atoms with Crippen LogP contribution in [0.5, 0.6) is 0 Å². The highest BCUT2D eigenvalue weighted by Gasteiger charge is 2.14. The second-order valence-electron chi connectivity index (χ2n) is 5.56. The Balaban J connectivity index is 2.20. The average molecular weight is 312 g/mol. The summed E-state index contributed by atoms with van der Waals surface area (Å²) in [5.74, 6) is 1.28. The van der Waals surface area contributed by atoms with Crippen molar-refractivity contribution in [3.63, 3.8) is 0 Å². The fourth-order valence-electron chi connectivity index (χ4n) is 2.27. The maximum Gasteiger partial charge on any atom is 0.162 e. The summed E-state index contributed by atoms with van der Waals surface area (Å²) in [5, 5.41) is 5.42. The maximum absolute atomic E-state index is 6.22. The quantitative estimate of drug-likeness (QED) is 0.733. The van der Waals surface area contributed by atoms with Crippen LogP contribution in [-0.2, 0) is 18.3 Å². The highest BCUT2D eigenvalue weighted by Crippen LogP contribution is 2.19. The van der Waals surface area contributed by atoms with Gasteiger partial charge in [0.1, 0.15) is 11.0 Å². The van der Waals surface area contributed by atoms with Crippen LogP contribution in [0.4, 0.5) is 0 Å². The summed E-state index contributed by atoms with van der Waals surface area (Å²) in [5.41, 5.74) is 0.765. The van der Waals surface area contributed by atoms with Crippen molar-refractivity contribution in [3.8, 4) is 0 Å². The lowest BCUT2D eigenvalue weighted by Crippen LogP contribution is -2.31. The second-order valence-corrected chi connectivity index (χ2v) is 5.92. The molecule has 0 N–H and O–H groups in total. The van der Waals surface area contributed by atoms with Gasteiger partial charge in [-0.2, -0.15) is 5.10 Å². The van der Waals surface area contributed by atoms with Crippen LogP contribution in [0.25, 0.3) is 11.0 Å². The molecule has 0 aliphatic heterocycles. The number of hydrogen-bond acceptors (Lipinski definition) is 5. The molecule has 0 fully saturated rings. The predicted molar refractivity (Wildman–Crippen MR) is 83.3 cm³/mol. The molecule has 0 spiro atoms. The van der Waals surface area contributed by atoms with Crippen molar-refractivity contribution in [2.24, 2.45) is 13.0 Å². The number of fused-ring (bicyclic) bond motifs is 1. The first-order chi connectivity index (χ1) is 10.0. The van der Waals surface area contributed by atoms with Crippen LogP contribution in [0, 0.1) is 5.92 Å². The van der Waals surface area contributed by atoms with Gasteiger partial charge >= 0.3 is 0 Å². The summed E-state index contributed by atoms with van der Waals surface area (Å²) in [6.07, 6.45) is 1.69. The lowest BCUT2D eigenvalue weighted by atomic mass is 10.2. The highest BCUT2D eigenvalue weighted by molar-refractivity contribution is 6.33. The molecule has 0 amide bonds. The van der Waals surface area contributed by atoms with Gasteiger partial charge in [0.15, 0.2) is 5.65 Å². The summed E-state index contributed by atoms with van der Waals surface area (Å²) in [7, 11) is 3.56. The van der Waals surface area contributed by atoms with E-state index in [1.54, 1.807) is 18.0 Å². The molecule has 2 rings (SSSR count). The Bertz CT molecular complexity index is 598. The van der Waals surface area contributed by atoms with Crippen LogP contribution in [0.2, 0.25) is 5.15 Å². The van der Waals surface area contributed by atoms with Crippen LogP contribution in [0.1, 0.15) is 19.7 Å². The van der Waals surface area contributed by atoms with E-state index in [2.05, 4.69) is 33.8 Å². The van der Waals surface area contributed by atoms with Gasteiger partial charge in [-0.1, -0.05) is 25.4 Å². The largest absolute Gasteiger partial charge is 0.383 e. The van der Waals surface area contributed by atoms with E-state index in [-0.39, 0.29) is 0 Å². The van der Waals surface area contributed by atoms with Gasteiger partial charge in [0, 0.05) is 27.2 Å². The van der Waals surface area contributed by atoms with Crippen LogP contribution in [0.15, 0.2) is 6.20 Å². The molecule has 7 heteroatoms. The van der Waals surface area contributed by atoms with Crippen molar-refractivity contribution in [1.82, 2.24) is 24.6 Å². The van der Waals surface area contributed by atoms with E-state index in [4.69, 9.17) is 16.3 Å². The fourth-order valence-corrected chi connectivity index (χ4v) is 2.50. The molecule has 2 aromatic rings. The Morgan fingerprint density at radius 1 is 1.38 bits per heavy atom. The average Bonchev–Trinajstić information content (AvgIpc) is 2.78. The van der Waals surface area contributed by atoms with E-state index in [1.807, 2.05) is 7.05 Å². The lowest BCUT2D eigenvalue weighted by molar-refractivity contribution is 0.134. The molecular formula is C14H22ClN5O. The van der Waals surface area contributed by atoms with E-state index in [0.29, 0.717) is 30.0 Å². The Morgan fingerprint density at radius 3 is 2.81 bits per heavy atom. The smallest absolute Gasteiger partial charge is 0.162 e. The van der Waals surface area contributed by atoms with Gasteiger partial charge in [0.2, 0.25) is 0 Å². The normalized spacial score (nSPS) is 12.0. The van der Waals surface area contributed by atoms with Gasteiger partial charge in [-0.05, 0) is 5.92 Å². The molecule has 0 saturated carbocycles. The van der Waals surface area contributed by atoms with Gasteiger partial charge < -0.3 is 4.74 Å². The molecule has 0 aromatic carbocycles. The molecule has 0 bridgehead atoms. The number of aryl methyl sites for hydroxylation is 1. The van der Waals surface area contributed by atoms with E-state index in [9.17, 15) is 0 Å². The molecular weight excluding hydrogens is 290 g/mol. The minimum Gasteiger partial charge on any atom is -0.383 e. The van der Waals surface area contributed by atoms with Crippen LogP contribution in [-0.4, -0.2) is 51.5 Å². The summed E-state index contributed by atoms with van der Waals surface area (Å²) < 4.78 is 6.89. The minimum absolute atomic E-state index is 0.458. The molecule has 0 aliphatic carbocycles. The van der Waals surface area contributed by atoms with Gasteiger partial charge in [0.05, 0.1) is 24.7 Å². The number of aromatic nitrogens is 4. The standard InChI is InChI=1S/C14H22ClN5O/c1-10(2)8-20(5-6-21-4)9-12-17-13(15)11-7-16-19(3)14(11)18-12/h7,10H,5-6,8-9H2,1-4H3. The molecule has 6 nitrogen and oxygen atoms in total. The molecule has 21 heavy (non-hydrogen) atoms. The summed E-state index contributed by atoms with van der Waals surface area (Å²) in [4.78, 5) is 11.2. The first kappa shape index (κ1) is 16.1. The number of methoxy groups -OCH3 is 1. The SMILES string of the molecule is COCCN(Cc1nc(Cl)c2cnn(C)c2n1)CC(C)C.